The molecule has 0 spiro atoms. The van der Waals surface area contributed by atoms with E-state index in [9.17, 15) is 22.8 Å². The van der Waals surface area contributed by atoms with Crippen molar-refractivity contribution in [2.24, 2.45) is 0 Å². The second-order valence-corrected chi connectivity index (χ2v) is 3.88. The van der Waals surface area contributed by atoms with Gasteiger partial charge in [0.1, 0.15) is 13.1 Å². The van der Waals surface area contributed by atoms with Gasteiger partial charge in [0, 0.05) is 13.1 Å². The molecule has 0 aromatic heterocycles. The molecule has 8 heteroatoms. The summed E-state index contributed by atoms with van der Waals surface area (Å²) in [7, 11) is 0. The van der Waals surface area contributed by atoms with Crippen LogP contribution in [0.1, 0.15) is 13.3 Å². The third-order valence-corrected chi connectivity index (χ3v) is 2.08. The highest BCUT2D eigenvalue weighted by Gasteiger charge is 2.34. The van der Waals surface area contributed by atoms with Crippen molar-refractivity contribution in [1.29, 1.82) is 0 Å². The van der Waals surface area contributed by atoms with E-state index in [1.165, 1.54) is 6.08 Å². The van der Waals surface area contributed by atoms with Crippen LogP contribution < -0.4 is 0 Å². The number of carboxylic acid groups (broad SMARTS) is 1. The van der Waals surface area contributed by atoms with Gasteiger partial charge in [-0.3, -0.25) is 4.79 Å². The van der Waals surface area contributed by atoms with E-state index in [2.05, 4.69) is 6.58 Å². The van der Waals surface area contributed by atoms with Crippen LogP contribution in [0.3, 0.4) is 0 Å². The Labute approximate surface area is 109 Å². The lowest BCUT2D eigenvalue weighted by atomic mass is 10.4. The van der Waals surface area contributed by atoms with Crippen molar-refractivity contribution in [3.63, 3.8) is 0 Å². The molecule has 0 aliphatic heterocycles. The lowest BCUT2D eigenvalue weighted by Gasteiger charge is -2.29. The van der Waals surface area contributed by atoms with E-state index >= 15 is 0 Å². The van der Waals surface area contributed by atoms with Gasteiger partial charge >= 0.3 is 18.2 Å². The second-order valence-electron chi connectivity index (χ2n) is 3.88. The van der Waals surface area contributed by atoms with Crippen LogP contribution in [-0.4, -0.2) is 59.3 Å². The number of rotatable bonds is 7. The molecule has 0 saturated heterocycles. The van der Waals surface area contributed by atoms with Crippen molar-refractivity contribution in [2.75, 3.05) is 26.2 Å². The molecule has 0 heterocycles. The van der Waals surface area contributed by atoms with Crippen LogP contribution in [0.2, 0.25) is 0 Å². The van der Waals surface area contributed by atoms with E-state index in [-0.39, 0.29) is 13.1 Å². The first kappa shape index (κ1) is 17.3. The Morgan fingerprint density at radius 2 is 1.89 bits per heavy atom. The lowest BCUT2D eigenvalue weighted by Crippen LogP contribution is -2.48. The van der Waals surface area contributed by atoms with Gasteiger partial charge in [0.25, 0.3) is 0 Å². The summed E-state index contributed by atoms with van der Waals surface area (Å²) >= 11 is 0. The summed E-state index contributed by atoms with van der Waals surface area (Å²) in [5, 5.41) is 8.63. The largest absolute Gasteiger partial charge is 0.480 e. The van der Waals surface area contributed by atoms with Gasteiger partial charge in [0.05, 0.1) is 0 Å². The number of hydrogen-bond acceptors (Lipinski definition) is 2. The zero-order chi connectivity index (χ0) is 15.1. The van der Waals surface area contributed by atoms with Crippen LogP contribution in [0.15, 0.2) is 12.7 Å². The van der Waals surface area contributed by atoms with E-state index in [4.69, 9.17) is 5.11 Å². The topological polar surface area (TPSA) is 60.9 Å². The first-order valence-corrected chi connectivity index (χ1v) is 5.64. The van der Waals surface area contributed by atoms with Gasteiger partial charge in [-0.15, -0.1) is 6.58 Å². The minimum Gasteiger partial charge on any atom is -0.480 e. The fraction of sp³-hybridized carbons (Fsp3) is 0.636. The molecule has 110 valence electrons. The zero-order valence-electron chi connectivity index (χ0n) is 10.6. The minimum atomic E-state index is -4.52. The highest BCUT2D eigenvalue weighted by molar-refractivity contribution is 5.80. The molecule has 0 aromatic carbocycles. The van der Waals surface area contributed by atoms with Crippen molar-refractivity contribution >= 4 is 12.0 Å². The molecule has 0 aromatic rings. The maximum atomic E-state index is 12.4. The van der Waals surface area contributed by atoms with Crippen molar-refractivity contribution < 1.29 is 27.9 Å². The predicted molar refractivity (Wildman–Crippen MR) is 62.7 cm³/mol. The summed E-state index contributed by atoms with van der Waals surface area (Å²) < 4.78 is 37.1. The van der Waals surface area contributed by atoms with Crippen LogP contribution in [0.5, 0.6) is 0 Å². The average molecular weight is 282 g/mol. The maximum Gasteiger partial charge on any atom is 0.406 e. The standard InChI is InChI=1S/C11H17F3N2O3/c1-3-5-15(7-9(17)18)10(19)16(6-4-2)8-11(12,13)14/h3H,1,4-8H2,2H3,(H,17,18). The number of carbonyl (C=O) groups is 2. The van der Waals surface area contributed by atoms with Gasteiger partial charge in [-0.1, -0.05) is 13.0 Å². The smallest absolute Gasteiger partial charge is 0.406 e. The lowest BCUT2D eigenvalue weighted by molar-refractivity contribution is -0.142. The number of nitrogens with zero attached hydrogens (tertiary/aromatic N) is 2. The Morgan fingerprint density at radius 1 is 1.32 bits per heavy atom. The van der Waals surface area contributed by atoms with Gasteiger partial charge in [0.2, 0.25) is 0 Å². The summed E-state index contributed by atoms with van der Waals surface area (Å²) in [6.45, 7) is 2.70. The molecule has 5 nitrogen and oxygen atoms in total. The number of amides is 2. The number of urea groups is 1. The van der Waals surface area contributed by atoms with Gasteiger partial charge in [-0.2, -0.15) is 13.2 Å². The van der Waals surface area contributed by atoms with E-state index in [1.807, 2.05) is 0 Å². The number of carbonyl (C=O) groups excluding carboxylic acids is 1. The van der Waals surface area contributed by atoms with Crippen molar-refractivity contribution in [3.8, 4) is 0 Å². The van der Waals surface area contributed by atoms with Gasteiger partial charge in [-0.05, 0) is 6.42 Å². The first-order chi connectivity index (χ1) is 8.71. The fourth-order valence-electron chi connectivity index (χ4n) is 1.46. The number of carboxylic acids is 1. The van der Waals surface area contributed by atoms with E-state index in [1.54, 1.807) is 6.92 Å². The van der Waals surface area contributed by atoms with Crippen LogP contribution in [0.25, 0.3) is 0 Å². The van der Waals surface area contributed by atoms with Crippen LogP contribution in [0.4, 0.5) is 18.0 Å². The summed E-state index contributed by atoms with van der Waals surface area (Å²) in [6, 6.07) is -0.957. The van der Waals surface area contributed by atoms with E-state index < -0.39 is 31.3 Å². The maximum absolute atomic E-state index is 12.4. The molecule has 0 aliphatic carbocycles. The normalized spacial score (nSPS) is 10.9. The van der Waals surface area contributed by atoms with Gasteiger partial charge in [-0.25, -0.2) is 4.79 Å². The van der Waals surface area contributed by atoms with Crippen molar-refractivity contribution in [3.05, 3.63) is 12.7 Å². The minimum absolute atomic E-state index is 0.0917. The number of halogens is 3. The highest BCUT2D eigenvalue weighted by atomic mass is 19.4. The zero-order valence-corrected chi connectivity index (χ0v) is 10.6. The van der Waals surface area contributed by atoms with E-state index in [0.717, 1.165) is 4.90 Å². The highest BCUT2D eigenvalue weighted by Crippen LogP contribution is 2.17. The molecule has 0 saturated carbocycles. The molecular weight excluding hydrogens is 265 g/mol. The average Bonchev–Trinajstić information content (AvgIpc) is 2.24. The molecule has 19 heavy (non-hydrogen) atoms. The van der Waals surface area contributed by atoms with Crippen LogP contribution >= 0.6 is 0 Å². The molecule has 0 fully saturated rings. The third kappa shape index (κ3) is 7.32. The number of hydrogen-bond donors (Lipinski definition) is 1. The SMILES string of the molecule is C=CCN(CC(=O)O)C(=O)N(CCC)CC(F)(F)F. The van der Waals surface area contributed by atoms with Gasteiger partial charge < -0.3 is 14.9 Å². The Hall–Kier alpha value is -1.73. The predicted octanol–water partition coefficient (Wildman–Crippen LogP) is 1.95. The molecular formula is C11H17F3N2O3. The molecule has 0 bridgehead atoms. The summed E-state index contributed by atoms with van der Waals surface area (Å²) in [6.07, 6.45) is -2.91. The van der Waals surface area contributed by atoms with Crippen molar-refractivity contribution in [1.82, 2.24) is 9.80 Å². The summed E-state index contributed by atoms with van der Waals surface area (Å²) in [5.41, 5.74) is 0. The monoisotopic (exact) mass is 282 g/mol. The molecule has 0 aliphatic rings. The Balaban J connectivity index is 4.90. The third-order valence-electron chi connectivity index (χ3n) is 2.08. The molecule has 1 N–H and O–H groups in total. The summed E-state index contributed by atoms with van der Waals surface area (Å²) in [5.74, 6) is -1.29. The van der Waals surface area contributed by atoms with Crippen LogP contribution in [-0.2, 0) is 4.79 Å². The summed E-state index contributed by atoms with van der Waals surface area (Å²) in [4.78, 5) is 23.9. The van der Waals surface area contributed by atoms with Gasteiger partial charge in [0.15, 0.2) is 0 Å². The second kappa shape index (κ2) is 7.65. The quantitative estimate of drug-likeness (QED) is 0.726. The molecule has 0 unspecified atom stereocenters. The Bertz CT molecular complexity index is 332. The van der Waals surface area contributed by atoms with Crippen molar-refractivity contribution in [2.45, 2.75) is 19.5 Å². The first-order valence-electron chi connectivity index (χ1n) is 5.64. The molecule has 2 amide bonds. The molecule has 0 radical (unpaired) electrons. The molecule has 0 atom stereocenters. The number of alkyl halides is 3. The molecule has 0 rings (SSSR count). The Kier molecular flexibility index (Phi) is 6.95. The van der Waals surface area contributed by atoms with E-state index in [0.29, 0.717) is 11.3 Å². The fourth-order valence-corrected chi connectivity index (χ4v) is 1.46. The number of aliphatic carboxylic acids is 1. The van der Waals surface area contributed by atoms with Crippen LogP contribution in [0, 0.1) is 0 Å². The Morgan fingerprint density at radius 3 is 2.26 bits per heavy atom.